The molecule has 0 unspecified atom stereocenters. The van der Waals surface area contributed by atoms with Gasteiger partial charge in [-0.3, -0.25) is 4.40 Å². The van der Waals surface area contributed by atoms with Crippen molar-refractivity contribution >= 4 is 11.6 Å². The molecule has 6 nitrogen and oxygen atoms in total. The van der Waals surface area contributed by atoms with Crippen molar-refractivity contribution in [3.05, 3.63) is 76.2 Å². The smallest absolute Gasteiger partial charge is 0.208 e. The van der Waals surface area contributed by atoms with Gasteiger partial charge in [-0.05, 0) is 51.2 Å². The molecule has 1 N–H and O–H groups in total. The van der Waals surface area contributed by atoms with E-state index < -0.39 is 0 Å². The van der Waals surface area contributed by atoms with Crippen LogP contribution < -0.4 is 10.1 Å². The summed E-state index contributed by atoms with van der Waals surface area (Å²) in [5, 5.41) is 3.26. The van der Waals surface area contributed by atoms with Gasteiger partial charge >= 0.3 is 0 Å². The van der Waals surface area contributed by atoms with Crippen LogP contribution >= 0.6 is 0 Å². The Hall–Kier alpha value is -3.52. The summed E-state index contributed by atoms with van der Waals surface area (Å²) in [7, 11) is 3.83. The Morgan fingerprint density at radius 1 is 1.12 bits per heavy atom. The number of fused-ring (bicyclic) bond motifs is 2. The molecule has 0 amide bonds. The third-order valence-corrected chi connectivity index (χ3v) is 6.22. The maximum Gasteiger partial charge on any atom is 0.208 e. The predicted molar refractivity (Wildman–Crippen MR) is 128 cm³/mol. The van der Waals surface area contributed by atoms with Crippen molar-refractivity contribution in [3.63, 3.8) is 0 Å². The zero-order chi connectivity index (χ0) is 24.0. The second kappa shape index (κ2) is 8.68. The van der Waals surface area contributed by atoms with Crippen LogP contribution in [0.4, 0.5) is 14.7 Å². The second-order valence-corrected chi connectivity index (χ2v) is 8.98. The van der Waals surface area contributed by atoms with Gasteiger partial charge in [-0.15, -0.1) is 0 Å². The molecule has 0 saturated heterocycles. The Balaban J connectivity index is 1.52. The molecule has 0 aliphatic carbocycles. The number of ether oxygens (including phenoxy) is 1. The number of imidazole rings is 1. The zero-order valence-electron chi connectivity index (χ0n) is 19.7. The van der Waals surface area contributed by atoms with Crippen molar-refractivity contribution in [1.82, 2.24) is 19.3 Å². The summed E-state index contributed by atoms with van der Waals surface area (Å²) in [5.41, 5.74) is 5.65. The standard InChI is InChI=1S/C26H27F2N5O/c1-15-13-33-25(31-15)21(18-6-5-17(14-32(3)4)24(28)16(18)2)12-30-26(33)29-11-20-19-9-10-34-23(19)8-7-22(20)27/h5-8,12-13H,9-11,14H2,1-4H3,(H,29,30). The quantitative estimate of drug-likeness (QED) is 0.441. The molecular weight excluding hydrogens is 436 g/mol. The molecule has 2 aromatic carbocycles. The Bertz CT molecular complexity index is 1400. The number of nitrogens with zero attached hydrogens (tertiary/aromatic N) is 4. The number of aromatic nitrogens is 3. The molecule has 4 aromatic rings. The van der Waals surface area contributed by atoms with E-state index in [-0.39, 0.29) is 18.2 Å². The van der Waals surface area contributed by atoms with Crippen LogP contribution in [0.1, 0.15) is 27.9 Å². The first kappa shape index (κ1) is 22.3. The van der Waals surface area contributed by atoms with Gasteiger partial charge in [0.1, 0.15) is 23.0 Å². The zero-order valence-corrected chi connectivity index (χ0v) is 19.7. The maximum atomic E-state index is 15.1. The number of benzene rings is 2. The minimum Gasteiger partial charge on any atom is -0.493 e. The fraction of sp³-hybridized carbons (Fsp3) is 0.308. The van der Waals surface area contributed by atoms with Crippen LogP contribution in [0, 0.1) is 25.5 Å². The lowest BCUT2D eigenvalue weighted by atomic mass is 9.99. The van der Waals surface area contributed by atoms with E-state index in [2.05, 4.69) is 15.3 Å². The lowest BCUT2D eigenvalue weighted by molar-refractivity contribution is 0.356. The van der Waals surface area contributed by atoms with Gasteiger partial charge in [-0.1, -0.05) is 12.1 Å². The third-order valence-electron chi connectivity index (χ3n) is 6.22. The van der Waals surface area contributed by atoms with Gasteiger partial charge in [0.25, 0.3) is 0 Å². The Morgan fingerprint density at radius 3 is 2.74 bits per heavy atom. The topological polar surface area (TPSA) is 54.7 Å². The van der Waals surface area contributed by atoms with E-state index in [4.69, 9.17) is 4.74 Å². The SMILES string of the molecule is Cc1cn2c(NCc3c(F)ccc4c3CCO4)ncc(-c3ccc(CN(C)C)c(F)c3C)c2n1. The van der Waals surface area contributed by atoms with Gasteiger partial charge in [0.2, 0.25) is 5.95 Å². The molecule has 0 spiro atoms. The van der Waals surface area contributed by atoms with Crippen molar-refractivity contribution < 1.29 is 13.5 Å². The first-order valence-corrected chi connectivity index (χ1v) is 11.3. The summed E-state index contributed by atoms with van der Waals surface area (Å²) in [6.45, 7) is 5.03. The maximum absolute atomic E-state index is 15.1. The van der Waals surface area contributed by atoms with E-state index in [1.165, 1.54) is 6.07 Å². The lowest BCUT2D eigenvalue weighted by Crippen LogP contribution is -2.13. The summed E-state index contributed by atoms with van der Waals surface area (Å²) >= 11 is 0. The lowest BCUT2D eigenvalue weighted by Gasteiger charge is -2.16. The highest BCUT2D eigenvalue weighted by molar-refractivity contribution is 5.80. The van der Waals surface area contributed by atoms with Crippen molar-refractivity contribution in [3.8, 4) is 16.9 Å². The highest BCUT2D eigenvalue weighted by Gasteiger charge is 2.21. The minimum atomic E-state index is -0.268. The molecule has 0 bridgehead atoms. The number of anilines is 1. The minimum absolute atomic E-state index is 0.217. The third kappa shape index (κ3) is 3.88. The van der Waals surface area contributed by atoms with Crippen LogP contribution in [0.25, 0.3) is 16.8 Å². The number of nitrogens with one attached hydrogen (secondary N) is 1. The monoisotopic (exact) mass is 463 g/mol. The number of hydrogen-bond donors (Lipinski definition) is 1. The molecule has 5 rings (SSSR count). The summed E-state index contributed by atoms with van der Waals surface area (Å²) in [4.78, 5) is 11.2. The van der Waals surface area contributed by atoms with Gasteiger partial charge < -0.3 is 15.0 Å². The molecule has 34 heavy (non-hydrogen) atoms. The Kier molecular flexibility index (Phi) is 5.69. The van der Waals surface area contributed by atoms with Crippen LogP contribution in [0.15, 0.2) is 36.7 Å². The largest absolute Gasteiger partial charge is 0.493 e. The van der Waals surface area contributed by atoms with E-state index in [0.29, 0.717) is 47.9 Å². The first-order valence-electron chi connectivity index (χ1n) is 11.3. The van der Waals surface area contributed by atoms with Gasteiger partial charge in [0.05, 0.1) is 12.3 Å². The van der Waals surface area contributed by atoms with Gasteiger partial charge in [-0.2, -0.15) is 0 Å². The molecule has 3 heterocycles. The summed E-state index contributed by atoms with van der Waals surface area (Å²) in [6.07, 6.45) is 4.26. The number of rotatable bonds is 6. The molecule has 8 heteroatoms. The Morgan fingerprint density at radius 2 is 1.94 bits per heavy atom. The van der Waals surface area contributed by atoms with Crippen LogP contribution in [0.5, 0.6) is 5.75 Å². The van der Waals surface area contributed by atoms with Crippen molar-refractivity contribution in [2.24, 2.45) is 0 Å². The van der Waals surface area contributed by atoms with Gasteiger partial charge in [-0.25, -0.2) is 18.7 Å². The van der Waals surface area contributed by atoms with E-state index in [0.717, 1.165) is 28.1 Å². The van der Waals surface area contributed by atoms with E-state index >= 15 is 4.39 Å². The number of aryl methyl sites for hydroxylation is 1. The molecular formula is C26H27F2N5O. The fourth-order valence-corrected chi connectivity index (χ4v) is 4.59. The second-order valence-electron chi connectivity index (χ2n) is 8.98. The fourth-order valence-electron chi connectivity index (χ4n) is 4.59. The number of hydrogen-bond acceptors (Lipinski definition) is 5. The predicted octanol–water partition coefficient (Wildman–Crippen LogP) is 4.90. The average Bonchev–Trinajstić information content (AvgIpc) is 3.43. The van der Waals surface area contributed by atoms with Crippen LogP contribution in [-0.2, 0) is 19.5 Å². The molecule has 0 atom stereocenters. The summed E-state index contributed by atoms with van der Waals surface area (Å²) < 4.78 is 37.1. The van der Waals surface area contributed by atoms with E-state index in [1.54, 1.807) is 19.2 Å². The summed E-state index contributed by atoms with van der Waals surface area (Å²) in [6, 6.07) is 6.85. The van der Waals surface area contributed by atoms with E-state index in [9.17, 15) is 4.39 Å². The molecule has 0 saturated carbocycles. The van der Waals surface area contributed by atoms with Crippen LogP contribution in [0.3, 0.4) is 0 Å². The van der Waals surface area contributed by atoms with Crippen molar-refractivity contribution in [2.45, 2.75) is 33.4 Å². The van der Waals surface area contributed by atoms with Crippen molar-refractivity contribution in [1.29, 1.82) is 0 Å². The highest BCUT2D eigenvalue weighted by Crippen LogP contribution is 2.33. The molecule has 176 valence electrons. The van der Waals surface area contributed by atoms with Crippen LogP contribution in [-0.4, -0.2) is 40.0 Å². The molecule has 1 aliphatic heterocycles. The van der Waals surface area contributed by atoms with Crippen molar-refractivity contribution in [2.75, 3.05) is 26.0 Å². The summed E-state index contributed by atoms with van der Waals surface area (Å²) in [5.74, 6) is 0.791. The highest BCUT2D eigenvalue weighted by atomic mass is 19.1. The van der Waals surface area contributed by atoms with Gasteiger partial charge in [0.15, 0.2) is 0 Å². The molecule has 0 radical (unpaired) electrons. The molecule has 0 fully saturated rings. The van der Waals surface area contributed by atoms with Crippen LogP contribution in [0.2, 0.25) is 0 Å². The number of halogens is 2. The molecule has 2 aromatic heterocycles. The normalized spacial score (nSPS) is 12.9. The van der Waals surface area contributed by atoms with Gasteiger partial charge in [0, 0.05) is 54.2 Å². The molecule has 1 aliphatic rings. The first-order chi connectivity index (χ1) is 16.3. The van der Waals surface area contributed by atoms with E-state index in [1.807, 2.05) is 48.6 Å². The Labute approximate surface area is 197 Å². The average molecular weight is 464 g/mol.